The SMILES string of the molecule is COc1ccc(C(NC(=O)C(C)NC(=O)c2ccc(CN)cc2)C(=O)NC(C(=O)C(F)(F)F)C(C)C)cc1. The molecule has 3 amide bonds. The van der Waals surface area contributed by atoms with Crippen molar-refractivity contribution in [2.75, 3.05) is 7.11 Å². The molecule has 0 aliphatic heterocycles. The zero-order valence-electron chi connectivity index (χ0n) is 21.4. The second-order valence-electron chi connectivity index (χ2n) is 8.90. The van der Waals surface area contributed by atoms with E-state index in [0.717, 1.165) is 5.56 Å². The van der Waals surface area contributed by atoms with Gasteiger partial charge in [0.1, 0.15) is 17.8 Å². The highest BCUT2D eigenvalue weighted by Gasteiger charge is 2.45. The number of hydrogen-bond donors (Lipinski definition) is 4. The molecule has 206 valence electrons. The van der Waals surface area contributed by atoms with Gasteiger partial charge in [-0.25, -0.2) is 0 Å². The standard InChI is InChI=1S/C26H31F3N4O5/c1-14(2)20(22(34)26(27,28)29)32-25(37)21(17-9-11-19(38-4)12-10-17)33-23(35)15(3)31-24(36)18-7-5-16(13-30)6-8-18/h5-12,14-15,20-21H,13,30H2,1-4H3,(H,31,36)(H,32,37)(H,33,35). The second-order valence-corrected chi connectivity index (χ2v) is 8.90. The number of carbonyl (C=O) groups is 4. The first-order valence-electron chi connectivity index (χ1n) is 11.7. The van der Waals surface area contributed by atoms with Crippen LogP contribution >= 0.6 is 0 Å². The number of alkyl halides is 3. The Morgan fingerprint density at radius 3 is 1.92 bits per heavy atom. The van der Waals surface area contributed by atoms with E-state index in [9.17, 15) is 32.3 Å². The van der Waals surface area contributed by atoms with Crippen LogP contribution < -0.4 is 26.4 Å². The van der Waals surface area contributed by atoms with Gasteiger partial charge in [-0.2, -0.15) is 13.2 Å². The minimum atomic E-state index is -5.16. The Kier molecular flexibility index (Phi) is 10.4. The molecule has 0 aliphatic carbocycles. The molecule has 38 heavy (non-hydrogen) atoms. The molecule has 3 atom stereocenters. The number of rotatable bonds is 11. The first-order chi connectivity index (χ1) is 17.8. The van der Waals surface area contributed by atoms with E-state index >= 15 is 0 Å². The fourth-order valence-corrected chi connectivity index (χ4v) is 3.45. The molecule has 0 heterocycles. The monoisotopic (exact) mass is 536 g/mol. The van der Waals surface area contributed by atoms with Gasteiger partial charge in [-0.15, -0.1) is 0 Å². The molecule has 2 rings (SSSR count). The van der Waals surface area contributed by atoms with E-state index in [1.54, 1.807) is 24.3 Å². The smallest absolute Gasteiger partial charge is 0.452 e. The number of ketones is 1. The van der Waals surface area contributed by atoms with Gasteiger partial charge >= 0.3 is 6.18 Å². The predicted molar refractivity (Wildman–Crippen MR) is 133 cm³/mol. The third kappa shape index (κ3) is 8.04. The van der Waals surface area contributed by atoms with Gasteiger partial charge < -0.3 is 26.4 Å². The van der Waals surface area contributed by atoms with Crippen molar-refractivity contribution in [2.24, 2.45) is 11.7 Å². The average Bonchev–Trinajstić information content (AvgIpc) is 2.88. The van der Waals surface area contributed by atoms with Crippen LogP contribution in [-0.4, -0.2) is 48.9 Å². The van der Waals surface area contributed by atoms with E-state index < -0.39 is 53.7 Å². The largest absolute Gasteiger partial charge is 0.497 e. The van der Waals surface area contributed by atoms with Crippen LogP contribution in [0.15, 0.2) is 48.5 Å². The second kappa shape index (κ2) is 13.0. The van der Waals surface area contributed by atoms with Crippen LogP contribution in [0.2, 0.25) is 0 Å². The van der Waals surface area contributed by atoms with Gasteiger partial charge in [0.15, 0.2) is 0 Å². The maximum atomic E-state index is 13.1. The molecule has 0 radical (unpaired) electrons. The molecule has 0 saturated heterocycles. The average molecular weight is 537 g/mol. The Hall–Kier alpha value is -3.93. The number of ether oxygens (including phenoxy) is 1. The number of nitrogens with one attached hydrogen (secondary N) is 3. The van der Waals surface area contributed by atoms with Gasteiger partial charge in [0.05, 0.1) is 13.2 Å². The predicted octanol–water partition coefficient (Wildman–Crippen LogP) is 2.40. The van der Waals surface area contributed by atoms with E-state index in [4.69, 9.17) is 10.5 Å². The zero-order valence-corrected chi connectivity index (χ0v) is 21.4. The zero-order chi connectivity index (χ0) is 28.6. The van der Waals surface area contributed by atoms with Gasteiger partial charge in [-0.3, -0.25) is 19.2 Å². The number of benzene rings is 2. The number of nitrogens with two attached hydrogens (primary N) is 1. The molecule has 12 heteroatoms. The molecule has 3 unspecified atom stereocenters. The summed E-state index contributed by atoms with van der Waals surface area (Å²) in [5, 5.41) is 7.08. The summed E-state index contributed by atoms with van der Waals surface area (Å²) in [6, 6.07) is 7.84. The molecular weight excluding hydrogens is 505 g/mol. The Balaban J connectivity index is 2.25. The number of hydrogen-bond acceptors (Lipinski definition) is 6. The Morgan fingerprint density at radius 1 is 0.868 bits per heavy atom. The molecule has 0 saturated carbocycles. The van der Waals surface area contributed by atoms with Crippen LogP contribution in [0.3, 0.4) is 0 Å². The maximum Gasteiger partial charge on any atom is 0.452 e. The topological polar surface area (TPSA) is 140 Å². The molecule has 0 fully saturated rings. The fraction of sp³-hybridized carbons (Fsp3) is 0.385. The number of halogens is 3. The Labute approximate surface area is 218 Å². The summed E-state index contributed by atoms with van der Waals surface area (Å²) in [5.74, 6) is -4.93. The maximum absolute atomic E-state index is 13.1. The minimum absolute atomic E-state index is 0.217. The van der Waals surface area contributed by atoms with Crippen molar-refractivity contribution < 1.29 is 37.1 Å². The van der Waals surface area contributed by atoms with Gasteiger partial charge in [0, 0.05) is 12.1 Å². The number of carbonyl (C=O) groups excluding carboxylic acids is 4. The lowest BCUT2D eigenvalue weighted by Crippen LogP contribution is -2.54. The summed E-state index contributed by atoms with van der Waals surface area (Å²) in [7, 11) is 1.42. The van der Waals surface area contributed by atoms with E-state index in [0.29, 0.717) is 12.3 Å². The van der Waals surface area contributed by atoms with Crippen LogP contribution in [0.1, 0.15) is 48.3 Å². The van der Waals surface area contributed by atoms with Crippen LogP contribution in [0.4, 0.5) is 13.2 Å². The molecule has 0 aliphatic rings. The Bertz CT molecular complexity index is 1140. The van der Waals surface area contributed by atoms with Crippen molar-refractivity contribution >= 4 is 23.5 Å². The van der Waals surface area contributed by atoms with Crippen molar-refractivity contribution in [3.05, 3.63) is 65.2 Å². The van der Waals surface area contributed by atoms with Crippen molar-refractivity contribution in [2.45, 2.75) is 51.6 Å². The molecule has 0 aromatic heterocycles. The summed E-state index contributed by atoms with van der Waals surface area (Å²) >= 11 is 0. The first-order valence-corrected chi connectivity index (χ1v) is 11.7. The molecule has 2 aromatic carbocycles. The van der Waals surface area contributed by atoms with E-state index in [1.807, 2.05) is 0 Å². The summed E-state index contributed by atoms with van der Waals surface area (Å²) in [6.45, 7) is 4.39. The fourth-order valence-electron chi connectivity index (χ4n) is 3.45. The van der Waals surface area contributed by atoms with Crippen LogP contribution in [0, 0.1) is 5.92 Å². The number of methoxy groups -OCH3 is 1. The highest BCUT2D eigenvalue weighted by molar-refractivity contribution is 5.99. The van der Waals surface area contributed by atoms with Crippen LogP contribution in [0.5, 0.6) is 5.75 Å². The lowest BCUT2D eigenvalue weighted by atomic mass is 9.97. The van der Waals surface area contributed by atoms with Gasteiger partial charge in [-0.05, 0) is 48.2 Å². The van der Waals surface area contributed by atoms with E-state index in [2.05, 4.69) is 16.0 Å². The molecular formula is C26H31F3N4O5. The first kappa shape index (κ1) is 30.3. The van der Waals surface area contributed by atoms with Crippen molar-refractivity contribution in [3.63, 3.8) is 0 Å². The normalized spacial score (nSPS) is 13.7. The number of Topliss-reactive ketones (excluding diaryl/α,β-unsaturated/α-hetero) is 1. The van der Waals surface area contributed by atoms with E-state index in [-0.39, 0.29) is 11.1 Å². The third-order valence-corrected chi connectivity index (χ3v) is 5.72. The van der Waals surface area contributed by atoms with Gasteiger partial charge in [-0.1, -0.05) is 38.1 Å². The molecule has 2 aromatic rings. The van der Waals surface area contributed by atoms with Crippen LogP contribution in [0.25, 0.3) is 0 Å². The lowest BCUT2D eigenvalue weighted by Gasteiger charge is -2.26. The van der Waals surface area contributed by atoms with Gasteiger partial charge in [0.2, 0.25) is 11.8 Å². The highest BCUT2D eigenvalue weighted by Crippen LogP contribution is 2.23. The third-order valence-electron chi connectivity index (χ3n) is 5.72. The quantitative estimate of drug-likeness (QED) is 0.348. The minimum Gasteiger partial charge on any atom is -0.497 e. The van der Waals surface area contributed by atoms with Crippen molar-refractivity contribution in [3.8, 4) is 5.75 Å². The molecule has 0 bridgehead atoms. The van der Waals surface area contributed by atoms with Crippen LogP contribution in [-0.2, 0) is 20.9 Å². The summed E-state index contributed by atoms with van der Waals surface area (Å²) in [6.07, 6.45) is -5.16. The van der Waals surface area contributed by atoms with Crippen molar-refractivity contribution in [1.82, 2.24) is 16.0 Å². The molecule has 5 N–H and O–H groups in total. The molecule has 0 spiro atoms. The summed E-state index contributed by atoms with van der Waals surface area (Å²) in [4.78, 5) is 50.5. The number of amides is 3. The van der Waals surface area contributed by atoms with Crippen molar-refractivity contribution in [1.29, 1.82) is 0 Å². The van der Waals surface area contributed by atoms with Gasteiger partial charge in [0.25, 0.3) is 11.7 Å². The highest BCUT2D eigenvalue weighted by atomic mass is 19.4. The Morgan fingerprint density at radius 2 is 1.45 bits per heavy atom. The summed E-state index contributed by atoms with van der Waals surface area (Å²) < 4.78 is 44.4. The summed E-state index contributed by atoms with van der Waals surface area (Å²) in [5.41, 5.74) is 6.85. The lowest BCUT2D eigenvalue weighted by molar-refractivity contribution is -0.175. The van der Waals surface area contributed by atoms with E-state index in [1.165, 1.54) is 52.1 Å². The molecule has 9 nitrogen and oxygen atoms in total.